The maximum absolute atomic E-state index is 12.5. The number of nitrogens with two attached hydrogens (primary N) is 1. The third-order valence-electron chi connectivity index (χ3n) is 4.36. The zero-order valence-corrected chi connectivity index (χ0v) is 13.7. The lowest BCUT2D eigenvalue weighted by molar-refractivity contribution is -0.121. The smallest absolute Gasteiger partial charge is 0.387 e. The number of fused-ring (bicyclic) bond motifs is 1. The van der Waals surface area contributed by atoms with Gasteiger partial charge in [0.25, 0.3) is 0 Å². The van der Waals surface area contributed by atoms with Gasteiger partial charge in [0.05, 0.1) is 12.5 Å². The summed E-state index contributed by atoms with van der Waals surface area (Å²) in [5.74, 6) is -0.190. The number of para-hydroxylation sites is 1. The minimum Gasteiger partial charge on any atom is -0.435 e. The lowest BCUT2D eigenvalue weighted by Gasteiger charge is -2.27. The van der Waals surface area contributed by atoms with Gasteiger partial charge in [-0.05, 0) is 48.6 Å². The van der Waals surface area contributed by atoms with Crippen molar-refractivity contribution in [1.29, 1.82) is 0 Å². The number of halogens is 2. The Morgan fingerprint density at radius 1 is 1.28 bits per heavy atom. The van der Waals surface area contributed by atoms with Crippen LogP contribution >= 0.6 is 0 Å². The zero-order chi connectivity index (χ0) is 17.8. The first-order chi connectivity index (χ1) is 12.0. The van der Waals surface area contributed by atoms with Gasteiger partial charge in [-0.1, -0.05) is 24.3 Å². The summed E-state index contributed by atoms with van der Waals surface area (Å²) < 4.78 is 29.4. The van der Waals surface area contributed by atoms with Gasteiger partial charge in [-0.2, -0.15) is 8.78 Å². The number of nitrogens with one attached hydrogen (secondary N) is 1. The van der Waals surface area contributed by atoms with E-state index in [-0.39, 0.29) is 24.1 Å². The van der Waals surface area contributed by atoms with Crippen LogP contribution in [0.5, 0.6) is 5.75 Å². The number of carbonyl (C=O) groups is 1. The molecule has 0 bridgehead atoms. The van der Waals surface area contributed by atoms with Crippen LogP contribution in [0.15, 0.2) is 42.5 Å². The topological polar surface area (TPSA) is 64.3 Å². The predicted octanol–water partition coefficient (Wildman–Crippen LogP) is 3.61. The molecule has 132 valence electrons. The Hall–Kier alpha value is -2.63. The van der Waals surface area contributed by atoms with Crippen molar-refractivity contribution in [3.63, 3.8) is 0 Å². The summed E-state index contributed by atoms with van der Waals surface area (Å²) in [7, 11) is 0. The van der Waals surface area contributed by atoms with Crippen LogP contribution < -0.4 is 15.8 Å². The highest BCUT2D eigenvalue weighted by Gasteiger charge is 2.22. The van der Waals surface area contributed by atoms with Crippen molar-refractivity contribution in [1.82, 2.24) is 5.32 Å². The second-order valence-electron chi connectivity index (χ2n) is 6.13. The molecule has 0 aliphatic heterocycles. The van der Waals surface area contributed by atoms with Crippen molar-refractivity contribution in [3.05, 3.63) is 59.2 Å². The molecule has 0 saturated heterocycles. The van der Waals surface area contributed by atoms with E-state index in [0.29, 0.717) is 11.3 Å². The summed E-state index contributed by atoms with van der Waals surface area (Å²) in [6.07, 6.45) is 2.74. The van der Waals surface area contributed by atoms with Gasteiger partial charge in [0.2, 0.25) is 5.91 Å². The van der Waals surface area contributed by atoms with Crippen LogP contribution in [0.3, 0.4) is 0 Å². The molecule has 1 unspecified atom stereocenters. The van der Waals surface area contributed by atoms with E-state index in [4.69, 9.17) is 5.73 Å². The Labute approximate surface area is 145 Å². The average Bonchev–Trinajstić information content (AvgIpc) is 2.56. The van der Waals surface area contributed by atoms with E-state index >= 15 is 0 Å². The average molecular weight is 346 g/mol. The van der Waals surface area contributed by atoms with Crippen molar-refractivity contribution in [2.24, 2.45) is 0 Å². The number of aryl methyl sites for hydroxylation is 1. The molecule has 0 radical (unpaired) electrons. The SMILES string of the molecule is Nc1ccc2c(c1)CCCC2NC(=O)Cc1ccccc1OC(F)F. The fourth-order valence-corrected chi connectivity index (χ4v) is 3.26. The normalized spacial score (nSPS) is 16.4. The number of nitrogen functional groups attached to an aromatic ring is 1. The van der Waals surface area contributed by atoms with Gasteiger partial charge in [0, 0.05) is 11.3 Å². The van der Waals surface area contributed by atoms with Gasteiger partial charge >= 0.3 is 6.61 Å². The number of ether oxygens (including phenoxy) is 1. The molecule has 1 aliphatic carbocycles. The molecular formula is C19H20F2N2O2. The molecule has 3 rings (SSSR count). The number of rotatable bonds is 5. The second-order valence-corrected chi connectivity index (χ2v) is 6.13. The number of alkyl halides is 2. The summed E-state index contributed by atoms with van der Waals surface area (Å²) in [5, 5.41) is 3.00. The molecule has 0 aromatic heterocycles. The van der Waals surface area contributed by atoms with Crippen LogP contribution in [0.2, 0.25) is 0 Å². The lowest BCUT2D eigenvalue weighted by Crippen LogP contribution is -2.32. The highest BCUT2D eigenvalue weighted by molar-refractivity contribution is 5.80. The van der Waals surface area contributed by atoms with E-state index in [1.165, 1.54) is 6.07 Å². The largest absolute Gasteiger partial charge is 0.435 e. The van der Waals surface area contributed by atoms with E-state index in [0.717, 1.165) is 30.4 Å². The highest BCUT2D eigenvalue weighted by Crippen LogP contribution is 2.31. The van der Waals surface area contributed by atoms with Gasteiger partial charge in [0.1, 0.15) is 5.75 Å². The van der Waals surface area contributed by atoms with Crippen LogP contribution in [0.1, 0.15) is 35.6 Å². The Morgan fingerprint density at radius 3 is 2.88 bits per heavy atom. The summed E-state index contributed by atoms with van der Waals surface area (Å²) in [6.45, 7) is -2.92. The van der Waals surface area contributed by atoms with Crippen LogP contribution in [-0.4, -0.2) is 12.5 Å². The van der Waals surface area contributed by atoms with E-state index in [1.807, 2.05) is 18.2 Å². The fourth-order valence-electron chi connectivity index (χ4n) is 3.26. The van der Waals surface area contributed by atoms with Gasteiger partial charge in [-0.15, -0.1) is 0 Å². The van der Waals surface area contributed by atoms with Crippen molar-refractivity contribution >= 4 is 11.6 Å². The van der Waals surface area contributed by atoms with E-state index < -0.39 is 6.61 Å². The maximum atomic E-state index is 12.5. The predicted molar refractivity (Wildman–Crippen MR) is 91.5 cm³/mol. The standard InChI is InChI=1S/C19H20F2N2O2/c20-19(21)25-17-7-2-1-4-13(17)11-18(24)23-16-6-3-5-12-10-14(22)8-9-15(12)16/h1-2,4,7-10,16,19H,3,5-6,11,22H2,(H,23,24). The summed E-state index contributed by atoms with van der Waals surface area (Å²) in [6, 6.07) is 12.0. The number of carbonyl (C=O) groups excluding carboxylic acids is 1. The quantitative estimate of drug-likeness (QED) is 0.813. The molecule has 0 saturated carbocycles. The van der Waals surface area contributed by atoms with Gasteiger partial charge in [0.15, 0.2) is 0 Å². The molecule has 3 N–H and O–H groups in total. The first-order valence-electron chi connectivity index (χ1n) is 8.23. The molecule has 0 heterocycles. The third kappa shape index (κ3) is 4.26. The zero-order valence-electron chi connectivity index (χ0n) is 13.7. The summed E-state index contributed by atoms with van der Waals surface area (Å²) in [5.41, 5.74) is 9.20. The van der Waals surface area contributed by atoms with E-state index in [1.54, 1.807) is 18.2 Å². The summed E-state index contributed by atoms with van der Waals surface area (Å²) >= 11 is 0. The third-order valence-corrected chi connectivity index (χ3v) is 4.36. The Balaban J connectivity index is 1.70. The molecular weight excluding hydrogens is 326 g/mol. The van der Waals surface area contributed by atoms with Crippen LogP contribution in [0.25, 0.3) is 0 Å². The number of anilines is 1. The minimum atomic E-state index is -2.92. The Kier molecular flexibility index (Phi) is 5.16. The molecule has 25 heavy (non-hydrogen) atoms. The van der Waals surface area contributed by atoms with Crippen molar-refractivity contribution < 1.29 is 18.3 Å². The number of hydrogen-bond acceptors (Lipinski definition) is 3. The molecule has 1 aliphatic rings. The van der Waals surface area contributed by atoms with Gasteiger partial charge in [-0.25, -0.2) is 0 Å². The maximum Gasteiger partial charge on any atom is 0.387 e. The number of amides is 1. The van der Waals surface area contributed by atoms with E-state index in [9.17, 15) is 13.6 Å². The molecule has 0 spiro atoms. The van der Waals surface area contributed by atoms with Gasteiger partial charge in [-0.3, -0.25) is 4.79 Å². The van der Waals surface area contributed by atoms with Crippen LogP contribution in [0.4, 0.5) is 14.5 Å². The number of benzene rings is 2. The summed E-state index contributed by atoms with van der Waals surface area (Å²) in [4.78, 5) is 12.4. The van der Waals surface area contributed by atoms with Crippen molar-refractivity contribution in [3.8, 4) is 5.75 Å². The molecule has 1 amide bonds. The minimum absolute atomic E-state index is 0.0102. The molecule has 2 aromatic carbocycles. The molecule has 1 atom stereocenters. The first kappa shape index (κ1) is 17.2. The Bertz CT molecular complexity index is 765. The lowest BCUT2D eigenvalue weighted by atomic mass is 9.87. The molecule has 6 heteroatoms. The van der Waals surface area contributed by atoms with Crippen LogP contribution in [0, 0.1) is 0 Å². The molecule has 0 fully saturated rings. The highest BCUT2D eigenvalue weighted by atomic mass is 19.3. The van der Waals surface area contributed by atoms with Crippen LogP contribution in [-0.2, 0) is 17.6 Å². The van der Waals surface area contributed by atoms with Crippen molar-refractivity contribution in [2.75, 3.05) is 5.73 Å². The first-order valence-corrected chi connectivity index (χ1v) is 8.23. The molecule has 4 nitrogen and oxygen atoms in total. The second kappa shape index (κ2) is 7.51. The molecule has 2 aromatic rings. The van der Waals surface area contributed by atoms with Crippen molar-refractivity contribution in [2.45, 2.75) is 38.3 Å². The van der Waals surface area contributed by atoms with Gasteiger partial charge < -0.3 is 15.8 Å². The Morgan fingerprint density at radius 2 is 2.08 bits per heavy atom. The number of hydrogen-bond donors (Lipinski definition) is 2. The van der Waals surface area contributed by atoms with E-state index in [2.05, 4.69) is 10.1 Å². The fraction of sp³-hybridized carbons (Fsp3) is 0.316. The monoisotopic (exact) mass is 346 g/mol.